The average Bonchev–Trinajstić information content (AvgIpc) is 2.93. The summed E-state index contributed by atoms with van der Waals surface area (Å²) in [6.45, 7) is 3.17. The Morgan fingerprint density at radius 2 is 1.93 bits per heavy atom. The topological polar surface area (TPSA) is 146 Å². The Balaban J connectivity index is 1.45. The molecule has 2 atom stereocenters. The lowest BCUT2D eigenvalue weighted by atomic mass is 9.97. The number of aliphatic hydroxyl groups excluding tert-OH is 1. The predicted molar refractivity (Wildman–Crippen MR) is 153 cm³/mol. The molecule has 2 heterocycles. The molecule has 10 nitrogen and oxygen atoms in total. The maximum atomic E-state index is 13.0. The maximum Gasteiger partial charge on any atom is 0.261 e. The predicted octanol–water partition coefficient (Wildman–Crippen LogP) is 1.98. The van der Waals surface area contributed by atoms with Crippen molar-refractivity contribution in [2.75, 3.05) is 39.5 Å². The van der Waals surface area contributed by atoms with E-state index in [1.54, 1.807) is 6.07 Å². The fraction of sp³-hybridized carbons (Fsp3) is 0.586. The van der Waals surface area contributed by atoms with Crippen LogP contribution < -0.4 is 16.6 Å². The molecule has 0 aliphatic carbocycles. The fourth-order valence-electron chi connectivity index (χ4n) is 4.46. The molecule has 4 N–H and O–H groups in total. The van der Waals surface area contributed by atoms with Crippen LogP contribution in [0, 0.1) is 11.8 Å². The van der Waals surface area contributed by atoms with E-state index in [2.05, 4.69) is 22.1 Å². The van der Waals surface area contributed by atoms with Crippen LogP contribution in [0.3, 0.4) is 0 Å². The highest BCUT2D eigenvalue weighted by atomic mass is 35.5. The van der Waals surface area contributed by atoms with E-state index in [0.29, 0.717) is 93.0 Å². The van der Waals surface area contributed by atoms with Crippen molar-refractivity contribution in [1.29, 1.82) is 0 Å². The molecule has 3 rings (SSSR count). The molecule has 1 saturated heterocycles. The van der Waals surface area contributed by atoms with Crippen LogP contribution in [-0.4, -0.2) is 77.9 Å². The molecular weight excluding hydrogens is 536 g/mol. The molecule has 40 heavy (non-hydrogen) atoms. The monoisotopic (exact) mass is 574 g/mol. The first-order chi connectivity index (χ1) is 19.4. The Bertz CT molecular complexity index is 1250. The molecule has 1 fully saturated rings. The molecule has 11 heteroatoms. The highest BCUT2D eigenvalue weighted by molar-refractivity contribution is 6.32. The summed E-state index contributed by atoms with van der Waals surface area (Å²) < 4.78 is 11.9. The Labute approximate surface area is 239 Å². The number of nitrogens with one attached hydrogen (secondary N) is 1. The van der Waals surface area contributed by atoms with Gasteiger partial charge < -0.3 is 25.6 Å². The Kier molecular flexibility index (Phi) is 13.7. The van der Waals surface area contributed by atoms with Crippen molar-refractivity contribution in [1.82, 2.24) is 14.9 Å². The third kappa shape index (κ3) is 10.4. The van der Waals surface area contributed by atoms with Crippen molar-refractivity contribution in [3.8, 4) is 11.8 Å². The van der Waals surface area contributed by atoms with E-state index >= 15 is 0 Å². The first-order valence-corrected chi connectivity index (χ1v) is 14.2. The van der Waals surface area contributed by atoms with E-state index in [9.17, 15) is 19.5 Å². The zero-order chi connectivity index (χ0) is 28.7. The number of nitrogens with two attached hydrogens (primary N) is 1. The molecular formula is C29H39ClN4O6. The van der Waals surface area contributed by atoms with Crippen LogP contribution in [0.1, 0.15) is 56.9 Å². The van der Waals surface area contributed by atoms with Crippen LogP contribution in [-0.2, 0) is 25.6 Å². The second kappa shape index (κ2) is 17.2. The smallest absolute Gasteiger partial charge is 0.261 e. The largest absolute Gasteiger partial charge is 0.391 e. The minimum absolute atomic E-state index is 0.123. The van der Waals surface area contributed by atoms with Gasteiger partial charge in [-0.15, -0.1) is 0 Å². The molecule has 0 spiro atoms. The number of carbonyl (C=O) groups excluding carboxylic acids is 2. The summed E-state index contributed by atoms with van der Waals surface area (Å²) in [5.41, 5.74) is 5.97. The zero-order valence-corrected chi connectivity index (χ0v) is 23.6. The Morgan fingerprint density at radius 1 is 1.15 bits per heavy atom. The lowest BCUT2D eigenvalue weighted by Gasteiger charge is -2.28. The molecule has 1 aliphatic rings. The highest BCUT2D eigenvalue weighted by Crippen LogP contribution is 2.20. The summed E-state index contributed by atoms with van der Waals surface area (Å²) in [7, 11) is 0. The van der Waals surface area contributed by atoms with E-state index in [1.165, 1.54) is 17.0 Å². The summed E-state index contributed by atoms with van der Waals surface area (Å²) in [5.74, 6) is 6.07. The van der Waals surface area contributed by atoms with Gasteiger partial charge in [-0.1, -0.05) is 23.4 Å². The van der Waals surface area contributed by atoms with E-state index < -0.39 is 6.10 Å². The number of carbonyl (C=O) groups is 2. The van der Waals surface area contributed by atoms with Gasteiger partial charge in [0, 0.05) is 50.4 Å². The lowest BCUT2D eigenvalue weighted by Crippen LogP contribution is -2.46. The average molecular weight is 575 g/mol. The number of ether oxygens (including phenoxy) is 2. The van der Waals surface area contributed by atoms with E-state index in [4.69, 9.17) is 26.8 Å². The number of Topliss-reactive ketones (excluding diaryl/α,β-unsaturated/α-hetero) is 2. The van der Waals surface area contributed by atoms with Crippen LogP contribution >= 0.6 is 11.6 Å². The number of benzene rings is 1. The summed E-state index contributed by atoms with van der Waals surface area (Å²) in [5, 5.41) is 13.9. The second-order valence-corrected chi connectivity index (χ2v) is 10.3. The van der Waals surface area contributed by atoms with Gasteiger partial charge in [0.05, 0.1) is 54.7 Å². The molecule has 2 aromatic rings. The molecule has 0 bridgehead atoms. The third-order valence-electron chi connectivity index (χ3n) is 6.61. The van der Waals surface area contributed by atoms with Crippen molar-refractivity contribution >= 4 is 34.1 Å². The first kappa shape index (κ1) is 31.9. The standard InChI is InChI=1S/C29H39ClN4O6/c30-25-18-24-26(33-20-34(29(24)38)19-23(36)17-27-28(37)9-4-11-32-27)16-21(25)6-2-1-3-7-22(35)8-5-12-39-14-15-40-13-10-31/h16,18,20,27-28,32,37H,1,3-5,7-15,17,19,31H2. The maximum absolute atomic E-state index is 13.0. The van der Waals surface area contributed by atoms with Gasteiger partial charge in [-0.3, -0.25) is 19.0 Å². The van der Waals surface area contributed by atoms with Crippen LogP contribution in [0.4, 0.5) is 0 Å². The number of halogens is 1. The van der Waals surface area contributed by atoms with Gasteiger partial charge in [-0.2, -0.15) is 0 Å². The number of fused-ring (bicyclic) bond motifs is 1. The van der Waals surface area contributed by atoms with Gasteiger partial charge in [0.2, 0.25) is 0 Å². The first-order valence-electron chi connectivity index (χ1n) is 13.9. The molecule has 0 saturated carbocycles. The summed E-state index contributed by atoms with van der Waals surface area (Å²) in [6.07, 6.45) is 5.26. The van der Waals surface area contributed by atoms with Crippen LogP contribution in [0.2, 0.25) is 5.02 Å². The molecule has 1 aliphatic heterocycles. The van der Waals surface area contributed by atoms with Gasteiger partial charge in [0.1, 0.15) is 5.78 Å². The number of rotatable bonds is 16. The van der Waals surface area contributed by atoms with E-state index in [0.717, 1.165) is 13.0 Å². The number of aliphatic hydroxyl groups is 1. The van der Waals surface area contributed by atoms with Crippen LogP contribution in [0.15, 0.2) is 23.3 Å². The summed E-state index contributed by atoms with van der Waals surface area (Å²) in [6, 6.07) is 2.89. The Morgan fingerprint density at radius 3 is 2.70 bits per heavy atom. The number of hydrogen-bond acceptors (Lipinski definition) is 9. The van der Waals surface area contributed by atoms with Crippen molar-refractivity contribution in [2.24, 2.45) is 5.73 Å². The third-order valence-corrected chi connectivity index (χ3v) is 6.93. The van der Waals surface area contributed by atoms with Gasteiger partial charge in [0.25, 0.3) is 5.56 Å². The van der Waals surface area contributed by atoms with Crippen LogP contribution in [0.5, 0.6) is 0 Å². The van der Waals surface area contributed by atoms with Gasteiger partial charge in [0.15, 0.2) is 5.78 Å². The van der Waals surface area contributed by atoms with Crippen molar-refractivity contribution in [2.45, 2.75) is 70.1 Å². The molecule has 0 amide bonds. The number of hydrogen-bond donors (Lipinski definition) is 3. The van der Waals surface area contributed by atoms with Crippen molar-refractivity contribution < 1.29 is 24.2 Å². The van der Waals surface area contributed by atoms with Crippen LogP contribution in [0.25, 0.3) is 10.9 Å². The van der Waals surface area contributed by atoms with Gasteiger partial charge in [-0.25, -0.2) is 4.98 Å². The highest BCUT2D eigenvalue weighted by Gasteiger charge is 2.25. The quantitative estimate of drug-likeness (QED) is 0.202. The summed E-state index contributed by atoms with van der Waals surface area (Å²) >= 11 is 6.40. The SMILES string of the molecule is NCCOCCOCCCC(=O)CCCC#Cc1cc2ncn(CC(=O)CC3NCCCC3O)c(=O)c2cc1Cl. The number of nitrogens with zero attached hydrogens (tertiary/aromatic N) is 2. The van der Waals surface area contributed by atoms with Crippen molar-refractivity contribution in [3.05, 3.63) is 39.4 Å². The van der Waals surface area contributed by atoms with Gasteiger partial charge >= 0.3 is 0 Å². The Hall–Kier alpha value is -2.65. The zero-order valence-electron chi connectivity index (χ0n) is 22.8. The minimum Gasteiger partial charge on any atom is -0.391 e. The van der Waals surface area contributed by atoms with Crippen molar-refractivity contribution in [3.63, 3.8) is 0 Å². The van der Waals surface area contributed by atoms with E-state index in [1.807, 2.05) is 0 Å². The number of piperidine rings is 1. The molecule has 1 aromatic carbocycles. The molecule has 1 aromatic heterocycles. The molecule has 0 radical (unpaired) electrons. The van der Waals surface area contributed by atoms with Gasteiger partial charge in [-0.05, 0) is 44.4 Å². The summed E-state index contributed by atoms with van der Waals surface area (Å²) in [4.78, 5) is 41.9. The lowest BCUT2D eigenvalue weighted by molar-refractivity contribution is -0.121. The number of aromatic nitrogens is 2. The molecule has 2 unspecified atom stereocenters. The second-order valence-electron chi connectivity index (χ2n) is 9.85. The minimum atomic E-state index is -0.564. The van der Waals surface area contributed by atoms with E-state index in [-0.39, 0.29) is 36.1 Å². The molecule has 218 valence electrons. The fourth-order valence-corrected chi connectivity index (χ4v) is 4.68. The number of unbranched alkanes of at least 4 members (excludes halogenated alkanes) is 1. The normalized spacial score (nSPS) is 17.0. The number of ketones is 2.